The van der Waals surface area contributed by atoms with Gasteiger partial charge in [0.25, 0.3) is 0 Å². The van der Waals surface area contributed by atoms with E-state index in [2.05, 4.69) is 37.6 Å². The van der Waals surface area contributed by atoms with Crippen molar-refractivity contribution in [3.63, 3.8) is 0 Å². The Balaban J connectivity index is 3.59. The molecule has 0 aliphatic heterocycles. The first-order valence-corrected chi connectivity index (χ1v) is 6.58. The van der Waals surface area contributed by atoms with Crippen LogP contribution in [0.1, 0.15) is 65.7 Å². The Morgan fingerprint density at radius 1 is 0.800 bits per heavy atom. The highest BCUT2D eigenvalue weighted by atomic mass is 15.1. The van der Waals surface area contributed by atoms with Gasteiger partial charge in [-0.15, -0.1) is 0 Å². The molecule has 0 aromatic carbocycles. The van der Waals surface area contributed by atoms with Gasteiger partial charge in [0.1, 0.15) is 0 Å². The van der Waals surface area contributed by atoms with E-state index in [1.807, 2.05) is 0 Å². The van der Waals surface area contributed by atoms with E-state index >= 15 is 0 Å². The fourth-order valence-corrected chi connectivity index (χ4v) is 1.57. The van der Waals surface area contributed by atoms with Crippen molar-refractivity contribution in [3.8, 4) is 12.0 Å². The fraction of sp³-hybridized carbons (Fsp3) is 0.857. The molecule has 15 heavy (non-hydrogen) atoms. The van der Waals surface area contributed by atoms with E-state index in [1.165, 1.54) is 38.5 Å². The summed E-state index contributed by atoms with van der Waals surface area (Å²) < 4.78 is 0. The molecule has 0 atom stereocenters. The van der Waals surface area contributed by atoms with Crippen molar-refractivity contribution in [1.82, 2.24) is 4.90 Å². The number of hydrogen-bond acceptors (Lipinski definition) is 1. The summed E-state index contributed by atoms with van der Waals surface area (Å²) >= 11 is 0. The molecule has 0 aromatic heterocycles. The van der Waals surface area contributed by atoms with Crippen LogP contribution in [-0.4, -0.2) is 18.0 Å². The van der Waals surface area contributed by atoms with Crippen molar-refractivity contribution in [3.05, 3.63) is 0 Å². The van der Waals surface area contributed by atoms with Gasteiger partial charge in [-0.25, -0.2) is 0 Å². The summed E-state index contributed by atoms with van der Waals surface area (Å²) in [7, 11) is 0. The van der Waals surface area contributed by atoms with Crippen molar-refractivity contribution < 1.29 is 0 Å². The van der Waals surface area contributed by atoms with Gasteiger partial charge in [-0.05, 0) is 19.3 Å². The lowest BCUT2D eigenvalue weighted by molar-refractivity contribution is 0.397. The van der Waals surface area contributed by atoms with E-state index in [1.54, 1.807) is 0 Å². The van der Waals surface area contributed by atoms with Crippen molar-refractivity contribution in [2.24, 2.45) is 0 Å². The van der Waals surface area contributed by atoms with Crippen LogP contribution in [0.15, 0.2) is 0 Å². The molecule has 0 radical (unpaired) electrons. The molecule has 0 spiro atoms. The van der Waals surface area contributed by atoms with Crippen LogP contribution in [-0.2, 0) is 0 Å². The molecule has 0 bridgehead atoms. The maximum atomic E-state index is 3.29. The standard InChI is InChI=1S/C14H27N/c1-4-7-8-9-10-11-14-15(12-5-2)13-6-3/h4-10,12-13H2,1-3H3. The normalized spacial score (nSPS) is 9.53. The summed E-state index contributed by atoms with van der Waals surface area (Å²) in [4.78, 5) is 2.26. The first-order valence-electron chi connectivity index (χ1n) is 6.58. The Hall–Kier alpha value is -0.640. The summed E-state index contributed by atoms with van der Waals surface area (Å²) in [6, 6.07) is 3.28. The maximum Gasteiger partial charge on any atom is 0.0257 e. The summed E-state index contributed by atoms with van der Waals surface area (Å²) in [5.74, 6) is 3.29. The van der Waals surface area contributed by atoms with Crippen LogP contribution in [0.4, 0.5) is 0 Å². The van der Waals surface area contributed by atoms with Crippen molar-refractivity contribution in [1.29, 1.82) is 0 Å². The van der Waals surface area contributed by atoms with Crippen LogP contribution in [0.25, 0.3) is 0 Å². The number of hydrogen-bond donors (Lipinski definition) is 0. The number of nitrogens with zero attached hydrogens (tertiary/aromatic N) is 1. The lowest BCUT2D eigenvalue weighted by atomic mass is 10.2. The summed E-state index contributed by atoms with van der Waals surface area (Å²) in [6.07, 6.45) is 8.75. The lowest BCUT2D eigenvalue weighted by Crippen LogP contribution is -2.19. The molecule has 0 aliphatic carbocycles. The molecule has 0 aromatic rings. The van der Waals surface area contributed by atoms with Crippen LogP contribution >= 0.6 is 0 Å². The van der Waals surface area contributed by atoms with Crippen LogP contribution in [0.5, 0.6) is 0 Å². The molecule has 0 unspecified atom stereocenters. The maximum absolute atomic E-state index is 3.29. The molecule has 88 valence electrons. The molecule has 0 N–H and O–H groups in total. The zero-order chi connectivity index (χ0) is 11.4. The van der Waals surface area contributed by atoms with Gasteiger partial charge in [0.15, 0.2) is 0 Å². The Morgan fingerprint density at radius 3 is 2.00 bits per heavy atom. The topological polar surface area (TPSA) is 3.24 Å². The third-order valence-electron chi connectivity index (χ3n) is 2.38. The quantitative estimate of drug-likeness (QED) is 0.331. The Morgan fingerprint density at radius 2 is 1.47 bits per heavy atom. The third kappa shape index (κ3) is 9.66. The van der Waals surface area contributed by atoms with Gasteiger partial charge in [-0.1, -0.05) is 46.0 Å². The average molecular weight is 209 g/mol. The van der Waals surface area contributed by atoms with Gasteiger partial charge >= 0.3 is 0 Å². The predicted molar refractivity (Wildman–Crippen MR) is 68.7 cm³/mol. The van der Waals surface area contributed by atoms with Gasteiger partial charge in [-0.3, -0.25) is 0 Å². The molecule has 0 rings (SSSR count). The number of rotatable bonds is 8. The molecule has 0 heterocycles. The van der Waals surface area contributed by atoms with Gasteiger partial charge in [0, 0.05) is 25.6 Å². The van der Waals surface area contributed by atoms with E-state index in [4.69, 9.17) is 0 Å². The first kappa shape index (κ1) is 14.4. The van der Waals surface area contributed by atoms with Crippen molar-refractivity contribution in [2.75, 3.05) is 13.1 Å². The molecule has 1 heteroatoms. The Bertz CT molecular complexity index is 170. The minimum absolute atomic E-state index is 1.07. The second-order valence-electron chi connectivity index (χ2n) is 4.09. The molecule has 0 fully saturated rings. The average Bonchev–Trinajstić information content (AvgIpc) is 2.24. The largest absolute Gasteiger partial charge is 0.333 e. The fourth-order valence-electron chi connectivity index (χ4n) is 1.57. The minimum atomic E-state index is 1.07. The van der Waals surface area contributed by atoms with Gasteiger partial charge in [0.2, 0.25) is 0 Å². The first-order chi connectivity index (χ1) is 7.35. The second kappa shape index (κ2) is 11.4. The highest BCUT2D eigenvalue weighted by molar-refractivity contribution is 4.98. The van der Waals surface area contributed by atoms with Gasteiger partial charge in [0.05, 0.1) is 0 Å². The van der Waals surface area contributed by atoms with E-state index < -0.39 is 0 Å². The molecule has 0 aliphatic rings. The number of unbranched alkanes of at least 4 members (excludes halogenated alkanes) is 4. The Kier molecular flexibility index (Phi) is 10.9. The summed E-state index contributed by atoms with van der Waals surface area (Å²) in [5, 5.41) is 0. The van der Waals surface area contributed by atoms with E-state index in [9.17, 15) is 0 Å². The van der Waals surface area contributed by atoms with E-state index in [0.717, 1.165) is 19.5 Å². The van der Waals surface area contributed by atoms with Crippen LogP contribution in [0, 0.1) is 12.0 Å². The monoisotopic (exact) mass is 209 g/mol. The molecule has 0 amide bonds. The second-order valence-corrected chi connectivity index (χ2v) is 4.09. The van der Waals surface area contributed by atoms with Crippen LogP contribution in [0.3, 0.4) is 0 Å². The minimum Gasteiger partial charge on any atom is -0.333 e. The zero-order valence-electron chi connectivity index (χ0n) is 10.8. The summed E-state index contributed by atoms with van der Waals surface area (Å²) in [5.41, 5.74) is 0. The van der Waals surface area contributed by atoms with Crippen molar-refractivity contribution in [2.45, 2.75) is 65.7 Å². The summed E-state index contributed by atoms with van der Waals surface area (Å²) in [6.45, 7) is 8.92. The molecule has 1 nitrogen and oxygen atoms in total. The van der Waals surface area contributed by atoms with Crippen LogP contribution < -0.4 is 0 Å². The molecular formula is C14H27N. The van der Waals surface area contributed by atoms with Crippen LogP contribution in [0.2, 0.25) is 0 Å². The van der Waals surface area contributed by atoms with E-state index in [0.29, 0.717) is 0 Å². The molecule has 0 saturated heterocycles. The van der Waals surface area contributed by atoms with Gasteiger partial charge < -0.3 is 4.90 Å². The smallest absolute Gasteiger partial charge is 0.0257 e. The van der Waals surface area contributed by atoms with E-state index in [-0.39, 0.29) is 0 Å². The van der Waals surface area contributed by atoms with Crippen molar-refractivity contribution >= 4 is 0 Å². The molecular weight excluding hydrogens is 182 g/mol. The third-order valence-corrected chi connectivity index (χ3v) is 2.38. The highest BCUT2D eigenvalue weighted by Gasteiger charge is 1.94. The SMILES string of the molecule is CCCCCCC#CN(CCC)CCC. The lowest BCUT2D eigenvalue weighted by Gasteiger charge is -2.14. The molecule has 0 saturated carbocycles. The highest BCUT2D eigenvalue weighted by Crippen LogP contribution is 2.01. The predicted octanol–water partition coefficient (Wildman–Crippen LogP) is 4.04. The Labute approximate surface area is 96.2 Å². The van der Waals surface area contributed by atoms with Gasteiger partial charge in [-0.2, -0.15) is 0 Å². The zero-order valence-corrected chi connectivity index (χ0v) is 10.8.